The zero-order chi connectivity index (χ0) is 19.7. The predicted octanol–water partition coefficient (Wildman–Crippen LogP) is 3.66. The number of benzene rings is 2. The predicted molar refractivity (Wildman–Crippen MR) is 121 cm³/mol. The van der Waals surface area contributed by atoms with Gasteiger partial charge in [-0.05, 0) is 48.8 Å². The highest BCUT2D eigenvalue weighted by Gasteiger charge is 2.31. The van der Waals surface area contributed by atoms with Crippen LogP contribution in [0.5, 0.6) is 0 Å². The number of halogens is 1. The summed E-state index contributed by atoms with van der Waals surface area (Å²) in [5.41, 5.74) is 10.3. The standard InChI is InChI=1S/C22H27ClN4S/c1-26-10-12-27(13-11-26)9-8-18-16-4-2-3-5-17(16)21(25-22(18)28)15-6-7-19(23)20(24)14-15/h2-7,14,18,21H,8-13,24H2,1H3,(H,25,28). The molecule has 2 aromatic rings. The SMILES string of the molecule is CN1CCN(CCC2C(=S)NC(c3ccc(Cl)c(N)c3)c3ccccc32)CC1. The van der Waals surface area contributed by atoms with Crippen molar-refractivity contribution in [2.75, 3.05) is 45.5 Å². The molecule has 0 radical (unpaired) electrons. The topological polar surface area (TPSA) is 44.5 Å². The summed E-state index contributed by atoms with van der Waals surface area (Å²) < 4.78 is 0. The van der Waals surface area contributed by atoms with Crippen LogP contribution >= 0.6 is 23.8 Å². The van der Waals surface area contributed by atoms with Gasteiger partial charge in [0.15, 0.2) is 0 Å². The molecule has 6 heteroatoms. The second kappa shape index (κ2) is 8.37. The Morgan fingerprint density at radius 2 is 1.82 bits per heavy atom. The van der Waals surface area contributed by atoms with E-state index in [1.54, 1.807) is 0 Å². The Morgan fingerprint density at radius 1 is 1.11 bits per heavy atom. The molecule has 2 aliphatic rings. The third-order valence-corrected chi connectivity index (χ3v) is 6.72. The number of thiocarbonyl (C=S) groups is 1. The first-order valence-corrected chi connectivity index (χ1v) is 10.7. The number of likely N-dealkylation sites (N-methyl/N-ethyl adjacent to an activating group) is 1. The van der Waals surface area contributed by atoms with E-state index in [1.165, 1.54) is 11.1 Å². The molecule has 1 fully saturated rings. The number of fused-ring (bicyclic) bond motifs is 1. The molecule has 0 spiro atoms. The van der Waals surface area contributed by atoms with Crippen molar-refractivity contribution in [3.05, 3.63) is 64.2 Å². The fraction of sp³-hybridized carbons (Fsp3) is 0.409. The number of nitrogens with one attached hydrogen (secondary N) is 1. The molecule has 148 valence electrons. The van der Waals surface area contributed by atoms with E-state index in [9.17, 15) is 0 Å². The highest BCUT2D eigenvalue weighted by atomic mass is 35.5. The summed E-state index contributed by atoms with van der Waals surface area (Å²) in [7, 11) is 2.19. The summed E-state index contributed by atoms with van der Waals surface area (Å²) in [6.07, 6.45) is 1.04. The molecule has 0 aromatic heterocycles. The number of anilines is 1. The zero-order valence-electron chi connectivity index (χ0n) is 16.2. The van der Waals surface area contributed by atoms with Crippen LogP contribution in [0, 0.1) is 0 Å². The molecule has 2 aliphatic heterocycles. The maximum atomic E-state index is 6.12. The molecular formula is C22H27ClN4S. The summed E-state index contributed by atoms with van der Waals surface area (Å²) in [6, 6.07) is 14.5. The summed E-state index contributed by atoms with van der Waals surface area (Å²) in [5.74, 6) is 0.256. The largest absolute Gasteiger partial charge is 0.398 e. The molecule has 3 N–H and O–H groups in total. The Balaban J connectivity index is 1.56. The minimum absolute atomic E-state index is 0.0168. The Hall–Kier alpha value is -1.66. The summed E-state index contributed by atoms with van der Waals surface area (Å²) in [6.45, 7) is 5.64. The maximum absolute atomic E-state index is 6.12. The lowest BCUT2D eigenvalue weighted by Gasteiger charge is -2.37. The van der Waals surface area contributed by atoms with E-state index in [4.69, 9.17) is 29.6 Å². The van der Waals surface area contributed by atoms with Gasteiger partial charge in [0.25, 0.3) is 0 Å². The summed E-state index contributed by atoms with van der Waals surface area (Å²) in [4.78, 5) is 5.87. The van der Waals surface area contributed by atoms with Gasteiger partial charge in [-0.1, -0.05) is 54.2 Å². The Morgan fingerprint density at radius 3 is 2.54 bits per heavy atom. The minimum atomic E-state index is 0.0168. The number of rotatable bonds is 4. The number of nitrogens with zero attached hydrogens (tertiary/aromatic N) is 2. The number of hydrogen-bond donors (Lipinski definition) is 2. The van der Waals surface area contributed by atoms with E-state index in [-0.39, 0.29) is 12.0 Å². The van der Waals surface area contributed by atoms with E-state index in [0.717, 1.165) is 49.7 Å². The van der Waals surface area contributed by atoms with E-state index in [2.05, 4.69) is 46.4 Å². The minimum Gasteiger partial charge on any atom is -0.398 e. The summed E-state index contributed by atoms with van der Waals surface area (Å²) >= 11 is 11.9. The van der Waals surface area contributed by atoms with Crippen LogP contribution < -0.4 is 11.1 Å². The smallest absolute Gasteiger partial charge is 0.0837 e. The molecule has 2 aromatic carbocycles. The highest BCUT2D eigenvalue weighted by Crippen LogP contribution is 2.38. The maximum Gasteiger partial charge on any atom is 0.0837 e. The number of hydrogen-bond acceptors (Lipinski definition) is 4. The second-order valence-corrected chi connectivity index (χ2v) is 8.68. The molecule has 4 nitrogen and oxygen atoms in total. The number of nitrogens with two attached hydrogens (primary N) is 1. The van der Waals surface area contributed by atoms with E-state index >= 15 is 0 Å². The number of piperazine rings is 1. The van der Waals surface area contributed by atoms with E-state index in [1.807, 2.05) is 18.2 Å². The van der Waals surface area contributed by atoms with Gasteiger partial charge in [0.05, 0.1) is 21.7 Å². The van der Waals surface area contributed by atoms with Gasteiger partial charge in [-0.3, -0.25) is 0 Å². The first kappa shape index (κ1) is 19.6. The average molecular weight is 415 g/mol. The normalized spacial score (nSPS) is 23.3. The van der Waals surface area contributed by atoms with Crippen LogP contribution in [-0.4, -0.2) is 54.6 Å². The van der Waals surface area contributed by atoms with Crippen molar-refractivity contribution in [1.29, 1.82) is 0 Å². The van der Waals surface area contributed by atoms with Crippen molar-refractivity contribution < 1.29 is 0 Å². The molecule has 4 rings (SSSR count). The van der Waals surface area contributed by atoms with Gasteiger partial charge >= 0.3 is 0 Å². The zero-order valence-corrected chi connectivity index (χ0v) is 17.8. The lowest BCUT2D eigenvalue weighted by molar-refractivity contribution is 0.152. The number of nitrogen functional groups attached to an aromatic ring is 1. The van der Waals surface area contributed by atoms with Gasteiger partial charge in [-0.15, -0.1) is 0 Å². The van der Waals surface area contributed by atoms with Gasteiger partial charge in [0.2, 0.25) is 0 Å². The van der Waals surface area contributed by atoms with Crippen molar-refractivity contribution in [3.63, 3.8) is 0 Å². The molecule has 28 heavy (non-hydrogen) atoms. The fourth-order valence-corrected chi connectivity index (χ4v) is 4.71. The Kier molecular flexibility index (Phi) is 5.88. The lowest BCUT2D eigenvalue weighted by atomic mass is 9.82. The van der Waals surface area contributed by atoms with Gasteiger partial charge in [0, 0.05) is 32.1 Å². The molecule has 2 heterocycles. The quantitative estimate of drug-likeness (QED) is 0.590. The van der Waals surface area contributed by atoms with Crippen molar-refractivity contribution in [3.8, 4) is 0 Å². The molecule has 0 amide bonds. The Labute approximate surface area is 177 Å². The van der Waals surface area contributed by atoms with Crippen LogP contribution in [0.15, 0.2) is 42.5 Å². The van der Waals surface area contributed by atoms with Crippen LogP contribution in [0.4, 0.5) is 5.69 Å². The summed E-state index contributed by atoms with van der Waals surface area (Å²) in [5, 5.41) is 4.17. The third-order valence-electron chi connectivity index (χ3n) is 5.97. The van der Waals surface area contributed by atoms with Crippen LogP contribution in [0.1, 0.15) is 35.1 Å². The van der Waals surface area contributed by atoms with E-state index < -0.39 is 0 Å². The van der Waals surface area contributed by atoms with Crippen molar-refractivity contribution in [1.82, 2.24) is 15.1 Å². The molecule has 0 aliphatic carbocycles. The van der Waals surface area contributed by atoms with Crippen molar-refractivity contribution in [2.45, 2.75) is 18.4 Å². The lowest BCUT2D eigenvalue weighted by Crippen LogP contribution is -2.45. The first-order chi connectivity index (χ1) is 13.5. The molecular weight excluding hydrogens is 388 g/mol. The molecule has 0 bridgehead atoms. The van der Waals surface area contributed by atoms with Crippen molar-refractivity contribution >= 4 is 34.5 Å². The Bertz CT molecular complexity index is 863. The van der Waals surface area contributed by atoms with Gasteiger partial charge in [0.1, 0.15) is 0 Å². The first-order valence-electron chi connectivity index (χ1n) is 9.88. The van der Waals surface area contributed by atoms with Crippen LogP contribution in [-0.2, 0) is 0 Å². The fourth-order valence-electron chi connectivity index (χ4n) is 4.23. The molecule has 2 atom stereocenters. The van der Waals surface area contributed by atoms with Gasteiger partial charge in [-0.25, -0.2) is 0 Å². The van der Waals surface area contributed by atoms with Crippen LogP contribution in [0.2, 0.25) is 5.02 Å². The second-order valence-electron chi connectivity index (χ2n) is 7.84. The van der Waals surface area contributed by atoms with Gasteiger partial charge < -0.3 is 20.9 Å². The monoisotopic (exact) mass is 414 g/mol. The molecule has 2 unspecified atom stereocenters. The van der Waals surface area contributed by atoms with Gasteiger partial charge in [-0.2, -0.15) is 0 Å². The van der Waals surface area contributed by atoms with Crippen LogP contribution in [0.3, 0.4) is 0 Å². The molecule has 1 saturated heterocycles. The molecule has 0 saturated carbocycles. The average Bonchev–Trinajstić information content (AvgIpc) is 2.70. The van der Waals surface area contributed by atoms with Crippen molar-refractivity contribution in [2.24, 2.45) is 0 Å². The third kappa shape index (κ3) is 4.03. The highest BCUT2D eigenvalue weighted by molar-refractivity contribution is 7.80. The van der Waals surface area contributed by atoms with Crippen LogP contribution in [0.25, 0.3) is 0 Å². The van der Waals surface area contributed by atoms with E-state index in [0.29, 0.717) is 10.7 Å².